The van der Waals surface area contributed by atoms with Gasteiger partial charge >= 0.3 is 6.09 Å². The monoisotopic (exact) mass is 1180 g/mol. The number of hydrogen-bond acceptors (Lipinski definition) is 17. The number of unbranched alkanes of at least 4 members (excludes halogenated alkanes) is 2. The Morgan fingerprint density at radius 1 is 0.855 bits per heavy atom. The van der Waals surface area contributed by atoms with E-state index in [1.54, 1.807) is 11.4 Å². The number of fused-ring (bicyclic) bond motifs is 1. The smallest absolute Gasteiger partial charge is 0.426 e. The van der Waals surface area contributed by atoms with Crippen LogP contribution in [0, 0.1) is 11.8 Å². The maximum absolute atomic E-state index is 14.8. The quantitative estimate of drug-likeness (QED) is 0.0290. The van der Waals surface area contributed by atoms with Crippen LogP contribution in [0.2, 0.25) is 0 Å². The van der Waals surface area contributed by atoms with Crippen LogP contribution in [-0.2, 0) is 58.9 Å². The average Bonchev–Trinajstić information content (AvgIpc) is 4.16. The van der Waals surface area contributed by atoms with E-state index in [2.05, 4.69) is 45.5 Å². The molecule has 0 saturated carbocycles. The predicted molar refractivity (Wildman–Crippen MR) is 311 cm³/mol. The van der Waals surface area contributed by atoms with Crippen LogP contribution in [0.5, 0.6) is 5.75 Å². The maximum Gasteiger partial charge on any atom is 0.426 e. The number of phenols is 1. The molecule has 1 fully saturated rings. The molecule has 83 heavy (non-hydrogen) atoms. The van der Waals surface area contributed by atoms with E-state index in [9.17, 15) is 43.5 Å². The van der Waals surface area contributed by atoms with Crippen LogP contribution in [0.15, 0.2) is 35.7 Å². The van der Waals surface area contributed by atoms with Gasteiger partial charge in [-0.3, -0.25) is 48.8 Å². The molecule has 0 bridgehead atoms. The van der Waals surface area contributed by atoms with Crippen LogP contribution < -0.4 is 26.8 Å². The van der Waals surface area contributed by atoms with Crippen molar-refractivity contribution in [2.75, 3.05) is 86.1 Å². The third-order valence-electron chi connectivity index (χ3n) is 15.2. The summed E-state index contributed by atoms with van der Waals surface area (Å²) < 4.78 is 28.1. The molecular weight excluding hydrogens is 1090 g/mol. The van der Waals surface area contributed by atoms with Gasteiger partial charge in [0.15, 0.2) is 0 Å². The Kier molecular flexibility index (Phi) is 29.3. The highest BCUT2D eigenvalue weighted by Gasteiger charge is 2.39. The van der Waals surface area contributed by atoms with E-state index in [4.69, 9.17) is 28.7 Å². The standard InChI is InChI=1S/C59H91N9O14S/c1-8-23-67(58(76)53(40(6)10-3)63-56(75)47-16-13-15-24-66(47)7)48(39(4)5)37-49(81-26-9-2)57-62-46(38-83-57)55(74)61-42-34-41-18-19-43(69)36-44(41)45(35-42)54(73)64-65-59(77)82-33-32-80-31-30-79-29-28-78-27-22-60-50(70)17-12-11-14-25-68-51(71)20-21-52(68)72/h18-21,36,38-40,42,45,47-49,53,69H,8-17,22-35,37H2,1-7H3,(H,60,70)(H,61,74)(H,63,75)(H,64,73)(H,65,77)/t40-,42-,45+,47+,48+,49+,53-/m0/s1. The van der Waals surface area contributed by atoms with Crippen LogP contribution in [0.25, 0.3) is 0 Å². The number of rotatable bonds is 36. The molecule has 2 aliphatic heterocycles. The van der Waals surface area contributed by atoms with Crippen LogP contribution in [0.4, 0.5) is 4.79 Å². The van der Waals surface area contributed by atoms with Gasteiger partial charge in [-0.05, 0) is 100 Å². The Morgan fingerprint density at radius 2 is 1.57 bits per heavy atom. The molecule has 6 N–H and O–H groups in total. The highest BCUT2D eigenvalue weighted by molar-refractivity contribution is 7.09. The van der Waals surface area contributed by atoms with E-state index in [-0.39, 0.29) is 97.7 Å². The van der Waals surface area contributed by atoms with Gasteiger partial charge < -0.3 is 49.6 Å². The Morgan fingerprint density at radius 3 is 2.24 bits per heavy atom. The topological polar surface area (TPSA) is 286 Å². The number of carbonyl (C=O) groups is 8. The molecule has 1 aromatic heterocycles. The van der Waals surface area contributed by atoms with Gasteiger partial charge in [-0.2, -0.15) is 0 Å². The summed E-state index contributed by atoms with van der Waals surface area (Å²) in [6.45, 7) is 16.1. The average molecular weight is 1180 g/mol. The van der Waals surface area contributed by atoms with Crippen molar-refractivity contribution in [2.24, 2.45) is 11.8 Å². The zero-order chi connectivity index (χ0) is 60.3. The number of nitrogens with one attached hydrogen (secondary N) is 5. The first-order valence-corrected chi connectivity index (χ1v) is 30.6. The number of amides is 8. The van der Waals surface area contributed by atoms with Crippen molar-refractivity contribution in [1.82, 2.24) is 46.5 Å². The largest absolute Gasteiger partial charge is 0.508 e. The second-order valence-electron chi connectivity index (χ2n) is 21.8. The fourth-order valence-electron chi connectivity index (χ4n) is 10.4. The molecule has 0 spiro atoms. The summed E-state index contributed by atoms with van der Waals surface area (Å²) in [5.74, 6) is -2.94. The Bertz CT molecular complexity index is 2440. The van der Waals surface area contributed by atoms with Crippen molar-refractivity contribution < 1.29 is 67.1 Å². The number of thiazole rings is 1. The molecule has 7 atom stereocenters. The number of phenolic OH excluding ortho intramolecular Hbond substituents is 1. The number of nitrogens with zero attached hydrogens (tertiary/aromatic N) is 4. The number of hydrogen-bond donors (Lipinski definition) is 6. The summed E-state index contributed by atoms with van der Waals surface area (Å²) in [6.07, 6.45) is 9.27. The summed E-state index contributed by atoms with van der Waals surface area (Å²) in [7, 11) is 1.96. The molecule has 0 unspecified atom stereocenters. The number of aromatic nitrogens is 1. The van der Waals surface area contributed by atoms with Crippen LogP contribution in [0.1, 0.15) is 157 Å². The minimum absolute atomic E-state index is 0.0173. The second-order valence-corrected chi connectivity index (χ2v) is 22.7. The summed E-state index contributed by atoms with van der Waals surface area (Å²) in [6, 6.07) is 2.96. The lowest BCUT2D eigenvalue weighted by molar-refractivity contribution is -0.143. The summed E-state index contributed by atoms with van der Waals surface area (Å²) in [5, 5.41) is 21.7. The van der Waals surface area contributed by atoms with E-state index < -0.39 is 42.0 Å². The number of carbonyl (C=O) groups excluding carboxylic acids is 8. The van der Waals surface area contributed by atoms with E-state index in [1.165, 1.54) is 40.5 Å². The lowest BCUT2D eigenvalue weighted by Gasteiger charge is -2.40. The first kappa shape index (κ1) is 67.7. The minimum Gasteiger partial charge on any atom is -0.508 e. The van der Waals surface area contributed by atoms with Crippen molar-refractivity contribution in [3.05, 3.63) is 57.6 Å². The number of aromatic hydroxyl groups is 1. The molecule has 0 radical (unpaired) electrons. The molecular formula is C59H91N9O14S. The predicted octanol–water partition coefficient (Wildman–Crippen LogP) is 5.22. The van der Waals surface area contributed by atoms with E-state index in [0.29, 0.717) is 102 Å². The van der Waals surface area contributed by atoms with Gasteiger partial charge in [-0.1, -0.05) is 66.9 Å². The molecule has 2 aromatic rings. The molecule has 1 aromatic carbocycles. The molecule has 24 heteroatoms. The maximum atomic E-state index is 14.8. The van der Waals surface area contributed by atoms with E-state index in [1.807, 2.05) is 39.6 Å². The minimum atomic E-state index is -0.918. The lowest BCUT2D eigenvalue weighted by atomic mass is 9.79. The van der Waals surface area contributed by atoms with Gasteiger partial charge in [-0.15, -0.1) is 11.3 Å². The molecule has 1 saturated heterocycles. The fraction of sp³-hybridized carbons (Fsp3) is 0.678. The summed E-state index contributed by atoms with van der Waals surface area (Å²) >= 11 is 1.31. The highest BCUT2D eigenvalue weighted by Crippen LogP contribution is 2.36. The van der Waals surface area contributed by atoms with Gasteiger partial charge in [-0.25, -0.2) is 15.2 Å². The van der Waals surface area contributed by atoms with Gasteiger partial charge in [0.25, 0.3) is 17.7 Å². The van der Waals surface area contributed by atoms with Gasteiger partial charge in [0.2, 0.25) is 23.6 Å². The Hall–Kier alpha value is -6.05. The first-order chi connectivity index (χ1) is 39.9. The Labute approximate surface area is 493 Å². The zero-order valence-corrected chi connectivity index (χ0v) is 50.5. The number of benzene rings is 1. The number of imide groups is 1. The molecule has 23 nitrogen and oxygen atoms in total. The van der Waals surface area contributed by atoms with Gasteiger partial charge in [0.1, 0.15) is 35.2 Å². The lowest BCUT2D eigenvalue weighted by Crippen LogP contribution is -2.58. The molecule has 5 rings (SSSR count). The molecule has 3 heterocycles. The van der Waals surface area contributed by atoms with Crippen molar-refractivity contribution in [1.29, 1.82) is 0 Å². The zero-order valence-electron chi connectivity index (χ0n) is 49.7. The van der Waals surface area contributed by atoms with Gasteiger partial charge in [0.05, 0.1) is 51.6 Å². The van der Waals surface area contributed by atoms with Crippen molar-refractivity contribution in [3.8, 4) is 5.75 Å². The Balaban J connectivity index is 1.04. The number of piperidine rings is 1. The second kappa shape index (κ2) is 35.9. The summed E-state index contributed by atoms with van der Waals surface area (Å²) in [5.41, 5.74) is 6.15. The number of hydrazine groups is 1. The van der Waals surface area contributed by atoms with E-state index >= 15 is 0 Å². The van der Waals surface area contributed by atoms with Crippen molar-refractivity contribution in [3.63, 3.8) is 0 Å². The number of likely N-dealkylation sites (tertiary alicyclic amines) is 1. The normalized spacial score (nSPS) is 18.5. The fourth-order valence-corrected chi connectivity index (χ4v) is 11.3. The van der Waals surface area contributed by atoms with Crippen LogP contribution in [-0.4, -0.2) is 182 Å². The molecule has 462 valence electrons. The van der Waals surface area contributed by atoms with Crippen LogP contribution >= 0.6 is 11.3 Å². The highest BCUT2D eigenvalue weighted by atomic mass is 32.1. The number of ether oxygens (including phenoxy) is 5. The molecule has 1 aliphatic carbocycles. The number of likely N-dealkylation sites (N-methyl/N-ethyl adjacent to an activating group) is 1. The third kappa shape index (κ3) is 21.8. The van der Waals surface area contributed by atoms with Crippen molar-refractivity contribution in [2.45, 2.75) is 161 Å². The van der Waals surface area contributed by atoms with Crippen LogP contribution in [0.3, 0.4) is 0 Å². The third-order valence-corrected chi connectivity index (χ3v) is 16.1. The molecule has 3 aliphatic rings. The van der Waals surface area contributed by atoms with Gasteiger partial charge in [0, 0.05) is 68.7 Å². The SMILES string of the molecule is CCCO[C@H](C[C@H](C(C)C)N(CCC)C(=O)[C@@H](NC(=O)[C@H]1CCCCN1C)[C@@H](C)CC)c1nc(C(=O)N[C@H]2Cc3ccc(O)cc3[C@H](C(=O)NNC(=O)OCCOCCOCCOCCNC(=O)CCCCCN3C(=O)C=CC3=O)C2)cs1. The van der Waals surface area contributed by atoms with Crippen molar-refractivity contribution >= 4 is 58.8 Å². The van der Waals surface area contributed by atoms with E-state index in [0.717, 1.165) is 44.2 Å². The first-order valence-electron chi connectivity index (χ1n) is 29.7. The molecule has 8 amide bonds. The summed E-state index contributed by atoms with van der Waals surface area (Å²) in [4.78, 5) is 114.